The Morgan fingerprint density at radius 1 is 1.38 bits per heavy atom. The number of allylic oxidation sites excluding steroid dienone is 2. The summed E-state index contributed by atoms with van der Waals surface area (Å²) >= 11 is 0. The van der Waals surface area contributed by atoms with Crippen LogP contribution >= 0.6 is 0 Å². The van der Waals surface area contributed by atoms with Crippen molar-refractivity contribution in [3.8, 4) is 11.1 Å². The van der Waals surface area contributed by atoms with E-state index in [1.54, 1.807) is 6.92 Å². The first kappa shape index (κ1) is 28.9. The molecule has 42 heavy (non-hydrogen) atoms. The van der Waals surface area contributed by atoms with E-state index in [4.69, 9.17) is 4.74 Å². The molecule has 0 bridgehead atoms. The molecule has 13 heteroatoms. The number of carboxylic acid groups (broad SMARTS) is 1. The summed E-state index contributed by atoms with van der Waals surface area (Å²) in [4.78, 5) is 39.0. The van der Waals surface area contributed by atoms with Gasteiger partial charge in [-0.3, -0.25) is 4.79 Å². The Kier molecular flexibility index (Phi) is 7.80. The number of H-pyrrole nitrogens is 1. The number of fused-ring (bicyclic) bond motifs is 2. The monoisotopic (exact) mass is 580 g/mol. The van der Waals surface area contributed by atoms with Crippen LogP contribution < -0.4 is 15.6 Å². The lowest BCUT2D eigenvalue weighted by atomic mass is 10.0. The van der Waals surface area contributed by atoms with Gasteiger partial charge in [0.15, 0.2) is 5.82 Å². The van der Waals surface area contributed by atoms with E-state index in [0.29, 0.717) is 36.5 Å². The number of aliphatic hydroxyl groups excluding tert-OH is 1. The van der Waals surface area contributed by atoms with Crippen molar-refractivity contribution in [1.82, 2.24) is 24.8 Å². The van der Waals surface area contributed by atoms with Gasteiger partial charge in [0.25, 0.3) is 0 Å². The first-order valence-electron chi connectivity index (χ1n) is 13.3. The number of carboxylic acids is 1. The van der Waals surface area contributed by atoms with Gasteiger partial charge in [0.2, 0.25) is 5.43 Å². The Bertz CT molecular complexity index is 1810. The lowest BCUT2D eigenvalue weighted by molar-refractivity contribution is 0.0533. The summed E-state index contributed by atoms with van der Waals surface area (Å²) in [7, 11) is 1.53. The number of aromatic amines is 1. The summed E-state index contributed by atoms with van der Waals surface area (Å²) < 4.78 is 37.1. The van der Waals surface area contributed by atoms with Crippen molar-refractivity contribution in [3.63, 3.8) is 0 Å². The van der Waals surface area contributed by atoms with Crippen LogP contribution in [0, 0.1) is 5.82 Å². The van der Waals surface area contributed by atoms with E-state index in [1.807, 2.05) is 11.8 Å². The number of ether oxygens (including phenoxy) is 1. The summed E-state index contributed by atoms with van der Waals surface area (Å²) in [6.07, 6.45) is 5.09. The van der Waals surface area contributed by atoms with Crippen LogP contribution in [-0.2, 0) is 4.74 Å². The molecule has 0 aliphatic carbocycles. The molecule has 0 saturated carbocycles. The van der Waals surface area contributed by atoms with E-state index in [9.17, 15) is 24.2 Å². The molecule has 2 atom stereocenters. The zero-order valence-corrected chi connectivity index (χ0v) is 23.2. The molecule has 4 aromatic heterocycles. The lowest BCUT2D eigenvalue weighted by Gasteiger charge is -2.34. The number of rotatable bonds is 8. The summed E-state index contributed by atoms with van der Waals surface area (Å²) in [5.41, 5.74) is 0.622. The Balaban J connectivity index is 1.82. The fourth-order valence-electron chi connectivity index (χ4n) is 5.23. The Labute approximate surface area is 238 Å². The number of carbonyl (C=O) groups is 1. The van der Waals surface area contributed by atoms with Crippen molar-refractivity contribution in [2.75, 3.05) is 38.3 Å². The number of hydrogen-bond acceptors (Lipinski definition) is 8. The van der Waals surface area contributed by atoms with Gasteiger partial charge in [0, 0.05) is 49.9 Å². The van der Waals surface area contributed by atoms with Crippen molar-refractivity contribution in [2.45, 2.75) is 26.0 Å². The first-order chi connectivity index (χ1) is 20.0. The number of halogens is 2. The van der Waals surface area contributed by atoms with E-state index in [2.05, 4.69) is 26.8 Å². The second-order valence-corrected chi connectivity index (χ2v) is 10.2. The van der Waals surface area contributed by atoms with Crippen LogP contribution in [0.3, 0.4) is 0 Å². The highest BCUT2D eigenvalue weighted by Crippen LogP contribution is 2.40. The summed E-state index contributed by atoms with van der Waals surface area (Å²) in [5.74, 6) is -2.85. The van der Waals surface area contributed by atoms with Crippen molar-refractivity contribution >= 4 is 39.4 Å². The van der Waals surface area contributed by atoms with Crippen LogP contribution in [0.15, 0.2) is 47.9 Å². The predicted octanol–water partition coefficient (Wildman–Crippen LogP) is 3.60. The molecule has 0 amide bonds. The van der Waals surface area contributed by atoms with E-state index < -0.39 is 34.6 Å². The number of anilines is 1. The zero-order chi connectivity index (χ0) is 30.3. The third-order valence-corrected chi connectivity index (χ3v) is 7.28. The average Bonchev–Trinajstić information content (AvgIpc) is 3.30. The molecule has 4 aromatic rings. The summed E-state index contributed by atoms with van der Waals surface area (Å²) in [5, 5.41) is 22.4. The predicted molar refractivity (Wildman–Crippen MR) is 155 cm³/mol. The molecular formula is C29H30F2N6O5. The van der Waals surface area contributed by atoms with Gasteiger partial charge in [0.1, 0.15) is 28.4 Å². The third-order valence-electron chi connectivity index (χ3n) is 7.28. The molecule has 1 saturated heterocycles. The normalized spacial score (nSPS) is 16.7. The highest BCUT2D eigenvalue weighted by molar-refractivity contribution is 6.02. The molecule has 5 heterocycles. The van der Waals surface area contributed by atoms with Gasteiger partial charge >= 0.3 is 5.97 Å². The number of nitrogens with zero attached hydrogens (tertiary/aromatic N) is 4. The Morgan fingerprint density at radius 3 is 2.79 bits per heavy atom. The maximum Gasteiger partial charge on any atom is 0.341 e. The first-order valence-corrected chi connectivity index (χ1v) is 13.3. The Morgan fingerprint density at radius 2 is 2.14 bits per heavy atom. The molecule has 4 N–H and O–H groups in total. The molecule has 11 nitrogen and oxygen atoms in total. The standard InChI is InChI=1S/C29H30F2N6O5/c1-14(30)7-21(32-4)24-23(31)22-25(36-5-6-42-16(3)11-36)19(10-33-27(22)35-24)17-8-18-26(39)20(29(40)41)12-37(15(2)13-38)28(18)34-9-17/h7-10,12,15-16,32,38H,1,5-6,11,13H2,2-4H3,(H,33,35)(H,40,41)/b21-7+/t15-,16-/m0/s1. The number of morpholine rings is 1. The van der Waals surface area contributed by atoms with Gasteiger partial charge < -0.3 is 34.7 Å². The fraction of sp³-hybridized carbons (Fsp3) is 0.310. The van der Waals surface area contributed by atoms with Gasteiger partial charge in [-0.1, -0.05) is 6.58 Å². The van der Waals surface area contributed by atoms with Crippen LogP contribution in [0.2, 0.25) is 0 Å². The SMILES string of the molecule is C=C(F)/C=C(/NC)c1[nH]c2ncc(-c3cnc4c(c3)c(=O)c(C(=O)O)cn4[C@@H](C)CO)c(N3CCO[C@@H](C)C3)c2c1F. The molecule has 0 spiro atoms. The zero-order valence-electron chi connectivity index (χ0n) is 23.2. The third kappa shape index (κ3) is 5.01. The van der Waals surface area contributed by atoms with Crippen LogP contribution in [0.25, 0.3) is 38.9 Å². The minimum absolute atomic E-state index is 0.0119. The van der Waals surface area contributed by atoms with E-state index >= 15 is 4.39 Å². The second-order valence-electron chi connectivity index (χ2n) is 10.2. The van der Waals surface area contributed by atoms with Crippen LogP contribution in [-0.4, -0.2) is 75.2 Å². The van der Waals surface area contributed by atoms with Crippen molar-refractivity contribution in [2.24, 2.45) is 0 Å². The van der Waals surface area contributed by atoms with E-state index in [-0.39, 0.29) is 46.2 Å². The molecule has 1 aliphatic heterocycles. The smallest absolute Gasteiger partial charge is 0.341 e. The van der Waals surface area contributed by atoms with Gasteiger partial charge in [-0.15, -0.1) is 0 Å². The largest absolute Gasteiger partial charge is 0.477 e. The van der Waals surface area contributed by atoms with Gasteiger partial charge in [-0.25, -0.2) is 23.5 Å². The number of pyridine rings is 3. The van der Waals surface area contributed by atoms with Gasteiger partial charge in [-0.05, 0) is 26.0 Å². The molecule has 1 fully saturated rings. The van der Waals surface area contributed by atoms with Crippen molar-refractivity contribution in [1.29, 1.82) is 0 Å². The van der Waals surface area contributed by atoms with Crippen LogP contribution in [0.5, 0.6) is 0 Å². The maximum atomic E-state index is 16.2. The number of aromatic carboxylic acids is 1. The molecule has 0 aromatic carbocycles. The summed E-state index contributed by atoms with van der Waals surface area (Å²) in [6, 6.07) is 0.945. The number of hydrogen-bond donors (Lipinski definition) is 4. The molecule has 1 aliphatic rings. The number of nitrogens with one attached hydrogen (secondary N) is 2. The highest BCUT2D eigenvalue weighted by atomic mass is 19.1. The number of aliphatic hydroxyl groups is 1. The van der Waals surface area contributed by atoms with Crippen LogP contribution in [0.1, 0.15) is 35.9 Å². The molecule has 5 rings (SSSR count). The Hall–Kier alpha value is -4.62. The van der Waals surface area contributed by atoms with Crippen molar-refractivity contribution in [3.05, 3.63) is 70.4 Å². The van der Waals surface area contributed by atoms with Gasteiger partial charge in [0.05, 0.1) is 47.5 Å². The average molecular weight is 581 g/mol. The fourth-order valence-corrected chi connectivity index (χ4v) is 5.23. The second kappa shape index (κ2) is 11.3. The summed E-state index contributed by atoms with van der Waals surface area (Å²) in [6.45, 7) is 7.72. The quantitative estimate of drug-likeness (QED) is 0.230. The maximum absolute atomic E-state index is 16.2. The minimum atomic E-state index is -1.41. The molecule has 220 valence electrons. The molecular weight excluding hydrogens is 550 g/mol. The van der Waals surface area contributed by atoms with Gasteiger partial charge in [-0.2, -0.15) is 0 Å². The lowest BCUT2D eigenvalue weighted by Crippen LogP contribution is -2.41. The molecule has 0 unspecified atom stereocenters. The molecule has 0 radical (unpaired) electrons. The van der Waals surface area contributed by atoms with Crippen molar-refractivity contribution < 1.29 is 28.5 Å². The number of aromatic nitrogens is 4. The van der Waals surface area contributed by atoms with Crippen LogP contribution in [0.4, 0.5) is 14.5 Å². The topological polar surface area (TPSA) is 146 Å². The highest BCUT2D eigenvalue weighted by Gasteiger charge is 2.28. The van der Waals surface area contributed by atoms with E-state index in [0.717, 1.165) is 6.08 Å². The van der Waals surface area contributed by atoms with E-state index in [1.165, 1.54) is 36.3 Å². The minimum Gasteiger partial charge on any atom is -0.477 e.